The molecule has 0 saturated carbocycles. The smallest absolute Gasteiger partial charge is 0.151 e. The lowest BCUT2D eigenvalue weighted by Gasteiger charge is -2.18. The summed E-state index contributed by atoms with van der Waals surface area (Å²) in [5.74, 6) is 0.0900. The zero-order valence-corrected chi connectivity index (χ0v) is 15.0. The fourth-order valence-electron chi connectivity index (χ4n) is 2.23. The first-order valence-electron chi connectivity index (χ1n) is 7.64. The van der Waals surface area contributed by atoms with Crippen LogP contribution in [-0.4, -0.2) is 24.5 Å². The maximum atomic E-state index is 11.3. The van der Waals surface area contributed by atoms with Gasteiger partial charge in [0.05, 0.1) is 17.5 Å². The molecule has 0 aliphatic heterocycles. The van der Waals surface area contributed by atoms with Gasteiger partial charge < -0.3 is 5.32 Å². The number of rotatable bonds is 6. The summed E-state index contributed by atoms with van der Waals surface area (Å²) in [7, 11) is -2.98. The van der Waals surface area contributed by atoms with Crippen LogP contribution in [0.25, 0.3) is 0 Å². The Labute approximate surface area is 138 Å². The van der Waals surface area contributed by atoms with Crippen LogP contribution in [0, 0.1) is 0 Å². The molecule has 1 N–H and O–H groups in total. The van der Waals surface area contributed by atoms with Crippen molar-refractivity contribution in [2.45, 2.75) is 45.2 Å². The molecule has 2 aromatic rings. The van der Waals surface area contributed by atoms with Crippen LogP contribution in [0.1, 0.15) is 37.5 Å². The fourth-order valence-corrected chi connectivity index (χ4v) is 3.02. The molecule has 0 fully saturated rings. The Morgan fingerprint density at radius 3 is 2.13 bits per heavy atom. The van der Waals surface area contributed by atoms with E-state index in [0.29, 0.717) is 0 Å². The van der Waals surface area contributed by atoms with Crippen LogP contribution in [0.15, 0.2) is 36.7 Å². The van der Waals surface area contributed by atoms with Crippen LogP contribution in [-0.2, 0) is 34.2 Å². The lowest BCUT2D eigenvalue weighted by molar-refractivity contribution is 0.355. The molecule has 126 valence electrons. The second-order valence-electron chi connectivity index (χ2n) is 6.95. The lowest BCUT2D eigenvalue weighted by Crippen LogP contribution is -2.22. The Morgan fingerprint density at radius 1 is 1.04 bits per heavy atom. The van der Waals surface area contributed by atoms with Gasteiger partial charge in [-0.05, 0) is 31.9 Å². The van der Waals surface area contributed by atoms with E-state index >= 15 is 0 Å². The van der Waals surface area contributed by atoms with Crippen molar-refractivity contribution in [2.75, 3.05) is 6.26 Å². The number of hydrogen-bond acceptors (Lipinski definition) is 4. The van der Waals surface area contributed by atoms with Crippen LogP contribution in [0.4, 0.5) is 0 Å². The minimum atomic E-state index is -2.98. The summed E-state index contributed by atoms with van der Waals surface area (Å²) in [6.07, 6.45) is 5.19. The maximum Gasteiger partial charge on any atom is 0.151 e. The third-order valence-electron chi connectivity index (χ3n) is 3.43. The van der Waals surface area contributed by atoms with Crippen LogP contribution in [0.2, 0.25) is 0 Å². The van der Waals surface area contributed by atoms with Gasteiger partial charge in [0.15, 0.2) is 9.84 Å². The van der Waals surface area contributed by atoms with Crippen molar-refractivity contribution in [1.82, 2.24) is 15.1 Å². The Morgan fingerprint density at radius 2 is 1.61 bits per heavy atom. The molecular formula is C17H25N3O2S. The van der Waals surface area contributed by atoms with Crippen LogP contribution < -0.4 is 5.32 Å². The molecule has 0 bridgehead atoms. The van der Waals surface area contributed by atoms with Crippen molar-refractivity contribution in [3.8, 4) is 0 Å². The highest BCUT2D eigenvalue weighted by Gasteiger charge is 2.13. The van der Waals surface area contributed by atoms with Gasteiger partial charge in [-0.15, -0.1) is 0 Å². The van der Waals surface area contributed by atoms with Gasteiger partial charge in [0.2, 0.25) is 0 Å². The maximum absolute atomic E-state index is 11.3. The van der Waals surface area contributed by atoms with Crippen LogP contribution in [0.3, 0.4) is 0 Å². The summed E-state index contributed by atoms with van der Waals surface area (Å²) in [5, 5.41) is 7.76. The average Bonchev–Trinajstić information content (AvgIpc) is 2.88. The number of sulfone groups is 1. The third-order valence-corrected chi connectivity index (χ3v) is 4.29. The Kier molecular flexibility index (Phi) is 5.26. The summed E-state index contributed by atoms with van der Waals surface area (Å²) in [6.45, 7) is 7.85. The van der Waals surface area contributed by atoms with Gasteiger partial charge in [0, 0.05) is 31.1 Å². The van der Waals surface area contributed by atoms with Gasteiger partial charge >= 0.3 is 0 Å². The van der Waals surface area contributed by atoms with E-state index in [0.717, 1.165) is 29.8 Å². The fraction of sp³-hybridized carbons (Fsp3) is 0.471. The Hall–Kier alpha value is -1.66. The minimum Gasteiger partial charge on any atom is -0.309 e. The lowest BCUT2D eigenvalue weighted by atomic mass is 10.1. The van der Waals surface area contributed by atoms with Crippen LogP contribution >= 0.6 is 0 Å². The molecule has 5 nitrogen and oxygen atoms in total. The van der Waals surface area contributed by atoms with Gasteiger partial charge in [0.25, 0.3) is 0 Å². The number of nitrogens with one attached hydrogen (secondary N) is 1. The molecule has 6 heteroatoms. The predicted molar refractivity (Wildman–Crippen MR) is 92.8 cm³/mol. The molecular weight excluding hydrogens is 310 g/mol. The topological polar surface area (TPSA) is 64.0 Å². The number of benzene rings is 1. The molecule has 0 aliphatic carbocycles. The van der Waals surface area contributed by atoms with E-state index in [9.17, 15) is 8.42 Å². The van der Waals surface area contributed by atoms with Crippen molar-refractivity contribution >= 4 is 9.84 Å². The zero-order chi connectivity index (χ0) is 17.1. The largest absolute Gasteiger partial charge is 0.309 e. The number of aromatic nitrogens is 2. The van der Waals surface area contributed by atoms with Gasteiger partial charge in [-0.2, -0.15) is 5.10 Å². The summed E-state index contributed by atoms with van der Waals surface area (Å²) in [6, 6.07) is 7.67. The number of hydrogen-bond donors (Lipinski definition) is 1. The van der Waals surface area contributed by atoms with E-state index in [1.54, 1.807) is 0 Å². The van der Waals surface area contributed by atoms with Gasteiger partial charge in [-0.25, -0.2) is 8.42 Å². The highest BCUT2D eigenvalue weighted by molar-refractivity contribution is 7.89. The molecule has 0 unspecified atom stereocenters. The zero-order valence-electron chi connectivity index (χ0n) is 14.2. The third kappa shape index (κ3) is 5.80. The Bertz CT molecular complexity index is 741. The molecule has 1 heterocycles. The number of nitrogens with zero attached hydrogens (tertiary/aromatic N) is 2. The van der Waals surface area contributed by atoms with Crippen molar-refractivity contribution in [3.63, 3.8) is 0 Å². The van der Waals surface area contributed by atoms with Gasteiger partial charge in [-0.3, -0.25) is 4.68 Å². The molecule has 1 aromatic carbocycles. The Balaban J connectivity index is 1.86. The normalized spacial score (nSPS) is 12.5. The quantitative estimate of drug-likeness (QED) is 0.881. The van der Waals surface area contributed by atoms with E-state index in [1.165, 1.54) is 6.26 Å². The summed E-state index contributed by atoms with van der Waals surface area (Å²) >= 11 is 0. The summed E-state index contributed by atoms with van der Waals surface area (Å²) in [4.78, 5) is 0. The van der Waals surface area contributed by atoms with Crippen molar-refractivity contribution in [1.29, 1.82) is 0 Å². The molecule has 0 saturated heterocycles. The standard InChI is InChI=1S/C17H25N3O2S/c1-17(2,3)20-12-16(11-19-20)10-18-9-14-5-7-15(8-6-14)13-23(4,21)22/h5-8,11-12,18H,9-10,13H2,1-4H3. The molecule has 0 spiro atoms. The summed E-state index contributed by atoms with van der Waals surface area (Å²) in [5.41, 5.74) is 3.09. The van der Waals surface area contributed by atoms with E-state index in [1.807, 2.05) is 35.1 Å². The average molecular weight is 335 g/mol. The van der Waals surface area contributed by atoms with E-state index in [4.69, 9.17) is 0 Å². The van der Waals surface area contributed by atoms with Gasteiger partial charge in [0.1, 0.15) is 0 Å². The second-order valence-corrected chi connectivity index (χ2v) is 9.09. The first-order chi connectivity index (χ1) is 10.6. The van der Waals surface area contributed by atoms with Gasteiger partial charge in [-0.1, -0.05) is 24.3 Å². The van der Waals surface area contributed by atoms with E-state index in [-0.39, 0.29) is 11.3 Å². The van der Waals surface area contributed by atoms with Crippen LogP contribution in [0.5, 0.6) is 0 Å². The molecule has 0 atom stereocenters. The highest BCUT2D eigenvalue weighted by atomic mass is 32.2. The van der Waals surface area contributed by atoms with Crippen molar-refractivity contribution in [3.05, 3.63) is 53.3 Å². The monoisotopic (exact) mass is 335 g/mol. The molecule has 2 rings (SSSR count). The van der Waals surface area contributed by atoms with E-state index < -0.39 is 9.84 Å². The summed E-state index contributed by atoms with van der Waals surface area (Å²) < 4.78 is 24.5. The van der Waals surface area contributed by atoms with Crippen molar-refractivity contribution in [2.24, 2.45) is 0 Å². The van der Waals surface area contributed by atoms with E-state index in [2.05, 4.69) is 37.4 Å². The first kappa shape index (κ1) is 17.7. The molecule has 23 heavy (non-hydrogen) atoms. The SMILES string of the molecule is CC(C)(C)n1cc(CNCc2ccc(CS(C)(=O)=O)cc2)cn1. The highest BCUT2D eigenvalue weighted by Crippen LogP contribution is 2.13. The second kappa shape index (κ2) is 6.84. The van der Waals surface area contributed by atoms with Crippen molar-refractivity contribution < 1.29 is 8.42 Å². The molecule has 0 amide bonds. The molecule has 1 aromatic heterocycles. The molecule has 0 aliphatic rings. The first-order valence-corrected chi connectivity index (χ1v) is 9.70. The molecule has 0 radical (unpaired) electrons. The minimum absolute atomic E-state index is 0.00625. The predicted octanol–water partition coefficient (Wildman–Crippen LogP) is 2.47.